The van der Waals surface area contributed by atoms with Gasteiger partial charge in [-0.2, -0.15) is 0 Å². The highest BCUT2D eigenvalue weighted by Crippen LogP contribution is 2.53. The number of imide groups is 1. The minimum Gasteiger partial charge on any atom is -0.404 e. The molecule has 0 saturated carbocycles. The summed E-state index contributed by atoms with van der Waals surface area (Å²) in [6, 6.07) is 2.90. The predicted octanol–water partition coefficient (Wildman–Crippen LogP) is 0.720. The van der Waals surface area contributed by atoms with Gasteiger partial charge < -0.3 is 4.74 Å². The zero-order chi connectivity index (χ0) is 19.7. The van der Waals surface area contributed by atoms with Crippen molar-refractivity contribution in [2.75, 3.05) is 7.05 Å². The number of sulfonamides is 1. The summed E-state index contributed by atoms with van der Waals surface area (Å²) in [6.45, 7) is 0.839. The number of amides is 3. The van der Waals surface area contributed by atoms with Crippen molar-refractivity contribution in [2.24, 2.45) is 0 Å². The Labute approximate surface area is 145 Å². The van der Waals surface area contributed by atoms with Crippen LogP contribution in [0.1, 0.15) is 18.9 Å². The highest BCUT2D eigenvalue weighted by Gasteiger charge is 2.66. The average molecular weight is 392 g/mol. The first-order valence-corrected chi connectivity index (χ1v) is 8.54. The van der Waals surface area contributed by atoms with Gasteiger partial charge in [-0.25, -0.2) is 12.7 Å². The Morgan fingerprint density at radius 3 is 2.35 bits per heavy atom. The second-order valence-electron chi connectivity index (χ2n) is 5.76. The molecule has 1 fully saturated rings. The molecule has 12 heteroatoms. The fourth-order valence-corrected chi connectivity index (χ4v) is 5.38. The first-order valence-electron chi connectivity index (χ1n) is 7.10. The summed E-state index contributed by atoms with van der Waals surface area (Å²) >= 11 is 0. The lowest BCUT2D eigenvalue weighted by molar-refractivity contribution is -0.275. The molecule has 1 saturated heterocycles. The molecule has 1 atom stereocenters. The number of alkyl halides is 3. The van der Waals surface area contributed by atoms with Crippen LogP contribution in [0.15, 0.2) is 23.1 Å². The lowest BCUT2D eigenvalue weighted by Crippen LogP contribution is -2.51. The van der Waals surface area contributed by atoms with E-state index >= 15 is 0 Å². The van der Waals surface area contributed by atoms with Crippen LogP contribution >= 0.6 is 0 Å². The molecule has 0 aliphatic carbocycles. The Bertz CT molecular complexity index is 958. The maximum atomic E-state index is 12.8. The Kier molecular flexibility index (Phi) is 3.63. The zero-order valence-electron chi connectivity index (χ0n) is 13.3. The van der Waals surface area contributed by atoms with Crippen molar-refractivity contribution in [2.45, 2.75) is 30.1 Å². The number of halogens is 3. The number of likely N-dealkylation sites (tertiary alicyclic amines) is 1. The summed E-state index contributed by atoms with van der Waals surface area (Å²) in [5.41, 5.74) is -2.66. The van der Waals surface area contributed by atoms with E-state index in [0.29, 0.717) is 4.90 Å². The van der Waals surface area contributed by atoms with Gasteiger partial charge in [0.05, 0.1) is 6.42 Å². The molecular formula is C14H11F3N2O6S. The third kappa shape index (κ3) is 2.21. The van der Waals surface area contributed by atoms with Crippen molar-refractivity contribution in [3.8, 4) is 5.75 Å². The number of ether oxygens (including phenoxy) is 1. The molecule has 0 bridgehead atoms. The zero-order valence-corrected chi connectivity index (χ0v) is 14.1. The van der Waals surface area contributed by atoms with Crippen molar-refractivity contribution < 1.29 is 40.7 Å². The van der Waals surface area contributed by atoms with Crippen molar-refractivity contribution in [1.29, 1.82) is 0 Å². The molecule has 0 aromatic heterocycles. The summed E-state index contributed by atoms with van der Waals surface area (Å²) in [5, 5.41) is 0. The predicted molar refractivity (Wildman–Crippen MR) is 76.9 cm³/mol. The molecule has 140 valence electrons. The van der Waals surface area contributed by atoms with Crippen LogP contribution in [0.25, 0.3) is 0 Å². The maximum absolute atomic E-state index is 12.8. The molecule has 1 unspecified atom stereocenters. The van der Waals surface area contributed by atoms with Gasteiger partial charge in [0, 0.05) is 19.5 Å². The van der Waals surface area contributed by atoms with Crippen LogP contribution in [0.5, 0.6) is 5.75 Å². The third-order valence-corrected chi connectivity index (χ3v) is 6.21. The standard InChI is InChI=1S/C14H11F3N2O6S/c1-7(20)19-13(6-10(21)18(2)12(13)22)8-4-3-5-9(25-14(15,16)17)11(8)26(19,23)24/h3-5H,6H2,1-2H3. The fourth-order valence-electron chi connectivity index (χ4n) is 3.33. The van der Waals surface area contributed by atoms with E-state index in [4.69, 9.17) is 0 Å². The number of likely N-dealkylation sites (N-methyl/N-ethyl adjacent to an activating group) is 1. The second kappa shape index (κ2) is 5.19. The highest BCUT2D eigenvalue weighted by atomic mass is 32.2. The lowest BCUT2D eigenvalue weighted by atomic mass is 9.87. The van der Waals surface area contributed by atoms with Crippen molar-refractivity contribution in [3.05, 3.63) is 23.8 Å². The molecule has 0 radical (unpaired) electrons. The van der Waals surface area contributed by atoms with Crippen LogP contribution in [0.2, 0.25) is 0 Å². The van der Waals surface area contributed by atoms with E-state index < -0.39 is 62.3 Å². The van der Waals surface area contributed by atoms with Gasteiger partial charge >= 0.3 is 6.36 Å². The fraction of sp³-hybridized carbons (Fsp3) is 0.357. The Morgan fingerprint density at radius 1 is 1.27 bits per heavy atom. The first kappa shape index (κ1) is 18.2. The number of rotatable bonds is 1. The molecule has 1 aromatic carbocycles. The number of carbonyl (C=O) groups is 3. The molecule has 26 heavy (non-hydrogen) atoms. The summed E-state index contributed by atoms with van der Waals surface area (Å²) < 4.78 is 67.6. The van der Waals surface area contributed by atoms with E-state index in [0.717, 1.165) is 32.2 Å². The van der Waals surface area contributed by atoms with Gasteiger partial charge in [-0.15, -0.1) is 13.2 Å². The topological polar surface area (TPSA) is 101 Å². The van der Waals surface area contributed by atoms with Gasteiger partial charge in [-0.3, -0.25) is 19.3 Å². The minimum atomic E-state index is -5.20. The van der Waals surface area contributed by atoms with E-state index in [9.17, 15) is 36.0 Å². The quantitative estimate of drug-likeness (QED) is 0.653. The van der Waals surface area contributed by atoms with E-state index in [1.807, 2.05) is 0 Å². The van der Waals surface area contributed by atoms with Crippen LogP contribution in [-0.2, 0) is 29.9 Å². The van der Waals surface area contributed by atoms with Crippen molar-refractivity contribution >= 4 is 27.7 Å². The molecule has 2 aliphatic rings. The van der Waals surface area contributed by atoms with Crippen LogP contribution in [-0.4, -0.2) is 48.8 Å². The average Bonchev–Trinajstić information content (AvgIpc) is 2.82. The van der Waals surface area contributed by atoms with Crippen molar-refractivity contribution in [3.63, 3.8) is 0 Å². The molecule has 8 nitrogen and oxygen atoms in total. The number of fused-ring (bicyclic) bond motifs is 2. The Hall–Kier alpha value is -2.63. The lowest BCUT2D eigenvalue weighted by Gasteiger charge is -2.30. The normalized spacial score (nSPS) is 24.3. The van der Waals surface area contributed by atoms with Gasteiger partial charge in [-0.05, 0) is 6.07 Å². The first-order chi connectivity index (χ1) is 11.8. The number of nitrogens with zero attached hydrogens (tertiary/aromatic N) is 2. The molecule has 3 rings (SSSR count). The van der Waals surface area contributed by atoms with E-state index in [2.05, 4.69) is 4.74 Å². The minimum absolute atomic E-state index is 0.164. The third-order valence-electron chi connectivity index (χ3n) is 4.22. The molecule has 2 heterocycles. The van der Waals surface area contributed by atoms with Crippen LogP contribution < -0.4 is 4.74 Å². The largest absolute Gasteiger partial charge is 0.573 e. The van der Waals surface area contributed by atoms with Crippen LogP contribution in [0, 0.1) is 0 Å². The molecule has 1 spiro atoms. The van der Waals surface area contributed by atoms with Gasteiger partial charge in [0.2, 0.25) is 11.8 Å². The summed E-state index contributed by atoms with van der Waals surface area (Å²) in [4.78, 5) is 36.4. The van der Waals surface area contributed by atoms with Crippen LogP contribution in [0.3, 0.4) is 0 Å². The highest BCUT2D eigenvalue weighted by molar-refractivity contribution is 7.90. The summed E-state index contributed by atoms with van der Waals surface area (Å²) in [6.07, 6.45) is -5.91. The smallest absolute Gasteiger partial charge is 0.404 e. The maximum Gasteiger partial charge on any atom is 0.573 e. The number of benzene rings is 1. The molecular weight excluding hydrogens is 381 g/mol. The van der Waals surface area contributed by atoms with Crippen LogP contribution in [0.4, 0.5) is 13.2 Å². The number of hydrogen-bond acceptors (Lipinski definition) is 6. The number of carbonyl (C=O) groups excluding carboxylic acids is 3. The Morgan fingerprint density at radius 2 is 1.88 bits per heavy atom. The molecule has 3 amide bonds. The number of hydrogen-bond donors (Lipinski definition) is 0. The molecule has 1 aromatic rings. The summed E-state index contributed by atoms with van der Waals surface area (Å²) in [7, 11) is -3.77. The van der Waals surface area contributed by atoms with Crippen molar-refractivity contribution in [1.82, 2.24) is 9.21 Å². The van der Waals surface area contributed by atoms with Gasteiger partial charge in [0.1, 0.15) is 10.6 Å². The Balaban J connectivity index is 2.38. The second-order valence-corrected chi connectivity index (χ2v) is 7.49. The van der Waals surface area contributed by atoms with Gasteiger partial charge in [0.15, 0.2) is 5.54 Å². The van der Waals surface area contributed by atoms with Gasteiger partial charge in [-0.1, -0.05) is 12.1 Å². The van der Waals surface area contributed by atoms with E-state index in [1.165, 1.54) is 0 Å². The van der Waals surface area contributed by atoms with E-state index in [-0.39, 0.29) is 4.31 Å². The monoisotopic (exact) mass is 392 g/mol. The SMILES string of the molecule is CC(=O)N1C2(CC(=O)N(C)C2=O)c2cccc(OC(F)(F)F)c2S1(=O)=O. The summed E-state index contributed by atoms with van der Waals surface area (Å²) in [5.74, 6) is -3.99. The molecule has 0 N–H and O–H groups in total. The van der Waals surface area contributed by atoms with E-state index in [1.54, 1.807) is 0 Å². The van der Waals surface area contributed by atoms with Gasteiger partial charge in [0.25, 0.3) is 15.9 Å². The molecule has 2 aliphatic heterocycles.